The average Bonchev–Trinajstić information content (AvgIpc) is 2.31. The Balaban J connectivity index is 2.04. The molecule has 1 aromatic rings. The van der Waals surface area contributed by atoms with E-state index < -0.39 is 6.09 Å². The maximum absolute atomic E-state index is 11.0. The summed E-state index contributed by atoms with van der Waals surface area (Å²) in [6.07, 6.45) is 3.49. The Morgan fingerprint density at radius 3 is 3.06 bits per heavy atom. The summed E-state index contributed by atoms with van der Waals surface area (Å²) in [6, 6.07) is 5.55. The number of hydrogen-bond donors (Lipinski definition) is 2. The van der Waals surface area contributed by atoms with Crippen molar-refractivity contribution in [3.63, 3.8) is 0 Å². The van der Waals surface area contributed by atoms with Gasteiger partial charge in [-0.05, 0) is 31.4 Å². The number of carbonyl (C=O) groups is 1. The molecule has 1 aromatic heterocycles. The van der Waals surface area contributed by atoms with E-state index >= 15 is 0 Å². The zero-order chi connectivity index (χ0) is 11.4. The fraction of sp³-hybridized carbons (Fsp3) is 0.455. The average molecular weight is 221 g/mol. The highest BCUT2D eigenvalue weighted by Gasteiger charge is 2.26. The standard InChI is InChI=1S/C11H15N3O2/c15-11(16)14-8-4-2-6-10(14)13-9-5-1-3-7-12-9/h1,3,5,7,10H,2,4,6,8H2,(H,12,13)(H,15,16). The van der Waals surface area contributed by atoms with Crippen molar-refractivity contribution < 1.29 is 9.90 Å². The van der Waals surface area contributed by atoms with Crippen LogP contribution in [0.25, 0.3) is 0 Å². The molecule has 2 N–H and O–H groups in total. The maximum atomic E-state index is 11.0. The number of aromatic nitrogens is 1. The first-order valence-electron chi connectivity index (χ1n) is 5.44. The molecule has 86 valence electrons. The molecule has 1 aliphatic rings. The van der Waals surface area contributed by atoms with Crippen molar-refractivity contribution in [2.24, 2.45) is 0 Å². The van der Waals surface area contributed by atoms with Crippen LogP contribution in [0.3, 0.4) is 0 Å². The van der Waals surface area contributed by atoms with Crippen molar-refractivity contribution in [3.05, 3.63) is 24.4 Å². The quantitative estimate of drug-likeness (QED) is 0.801. The Kier molecular flexibility index (Phi) is 3.24. The van der Waals surface area contributed by atoms with Crippen LogP contribution in [0, 0.1) is 0 Å². The molecule has 2 rings (SSSR count). The van der Waals surface area contributed by atoms with Crippen LogP contribution in [-0.4, -0.2) is 33.8 Å². The summed E-state index contributed by atoms with van der Waals surface area (Å²) >= 11 is 0. The predicted octanol–water partition coefficient (Wildman–Crippen LogP) is 1.98. The molecule has 0 radical (unpaired) electrons. The van der Waals surface area contributed by atoms with Crippen LogP contribution in [0.15, 0.2) is 24.4 Å². The van der Waals surface area contributed by atoms with E-state index in [2.05, 4.69) is 10.3 Å². The van der Waals surface area contributed by atoms with Gasteiger partial charge in [0.15, 0.2) is 0 Å². The first-order valence-corrected chi connectivity index (χ1v) is 5.44. The minimum absolute atomic E-state index is 0.152. The lowest BCUT2D eigenvalue weighted by Crippen LogP contribution is -2.47. The van der Waals surface area contributed by atoms with Crippen LogP contribution in [0.2, 0.25) is 0 Å². The molecular formula is C11H15N3O2. The van der Waals surface area contributed by atoms with E-state index in [-0.39, 0.29) is 6.17 Å². The fourth-order valence-corrected chi connectivity index (χ4v) is 1.93. The number of carboxylic acid groups (broad SMARTS) is 1. The van der Waals surface area contributed by atoms with Crippen molar-refractivity contribution in [1.29, 1.82) is 0 Å². The second kappa shape index (κ2) is 4.83. The third-order valence-corrected chi connectivity index (χ3v) is 2.73. The number of pyridine rings is 1. The van der Waals surface area contributed by atoms with E-state index in [1.54, 1.807) is 6.20 Å². The summed E-state index contributed by atoms with van der Waals surface area (Å²) in [7, 11) is 0. The summed E-state index contributed by atoms with van der Waals surface area (Å²) in [5, 5.41) is 12.2. The molecule has 2 heterocycles. The van der Waals surface area contributed by atoms with Crippen molar-refractivity contribution >= 4 is 11.9 Å². The molecule has 5 nitrogen and oxygen atoms in total. The van der Waals surface area contributed by atoms with Crippen LogP contribution in [-0.2, 0) is 0 Å². The monoisotopic (exact) mass is 221 g/mol. The number of amides is 1. The van der Waals surface area contributed by atoms with Gasteiger partial charge in [-0.25, -0.2) is 9.78 Å². The van der Waals surface area contributed by atoms with Gasteiger partial charge in [-0.15, -0.1) is 0 Å². The number of nitrogens with zero attached hydrogens (tertiary/aromatic N) is 2. The lowest BCUT2D eigenvalue weighted by molar-refractivity contribution is 0.114. The molecule has 1 amide bonds. The van der Waals surface area contributed by atoms with E-state index in [0.717, 1.165) is 25.1 Å². The fourth-order valence-electron chi connectivity index (χ4n) is 1.93. The van der Waals surface area contributed by atoms with Gasteiger partial charge in [0.25, 0.3) is 0 Å². The first-order chi connectivity index (χ1) is 7.77. The van der Waals surface area contributed by atoms with Crippen molar-refractivity contribution in [2.75, 3.05) is 11.9 Å². The number of rotatable bonds is 2. The van der Waals surface area contributed by atoms with Crippen LogP contribution in [0.5, 0.6) is 0 Å². The summed E-state index contributed by atoms with van der Waals surface area (Å²) in [4.78, 5) is 16.6. The molecule has 1 aliphatic heterocycles. The minimum atomic E-state index is -0.867. The Hall–Kier alpha value is -1.78. The zero-order valence-electron chi connectivity index (χ0n) is 8.97. The molecule has 0 bridgehead atoms. The molecule has 5 heteroatoms. The van der Waals surface area contributed by atoms with Gasteiger partial charge >= 0.3 is 6.09 Å². The van der Waals surface area contributed by atoms with Crippen LogP contribution in [0.4, 0.5) is 10.6 Å². The topological polar surface area (TPSA) is 65.5 Å². The molecule has 1 saturated heterocycles. The molecule has 16 heavy (non-hydrogen) atoms. The molecule has 0 aromatic carbocycles. The van der Waals surface area contributed by atoms with Gasteiger partial charge in [0.1, 0.15) is 12.0 Å². The molecule has 1 atom stereocenters. The molecule has 0 spiro atoms. The Labute approximate surface area is 94.1 Å². The van der Waals surface area contributed by atoms with Gasteiger partial charge in [0.05, 0.1) is 0 Å². The Bertz CT molecular complexity index is 356. The van der Waals surface area contributed by atoms with E-state index in [9.17, 15) is 4.79 Å². The lowest BCUT2D eigenvalue weighted by Gasteiger charge is -2.34. The summed E-state index contributed by atoms with van der Waals surface area (Å²) < 4.78 is 0. The second-order valence-electron chi connectivity index (χ2n) is 3.85. The lowest BCUT2D eigenvalue weighted by atomic mass is 10.1. The molecule has 1 fully saturated rings. The summed E-state index contributed by atoms with van der Waals surface area (Å²) in [5.41, 5.74) is 0. The minimum Gasteiger partial charge on any atom is -0.465 e. The Morgan fingerprint density at radius 2 is 2.38 bits per heavy atom. The smallest absolute Gasteiger partial charge is 0.408 e. The normalized spacial score (nSPS) is 20.5. The highest BCUT2D eigenvalue weighted by molar-refractivity contribution is 5.66. The predicted molar refractivity (Wildman–Crippen MR) is 60.2 cm³/mol. The van der Waals surface area contributed by atoms with E-state index in [0.29, 0.717) is 6.54 Å². The largest absolute Gasteiger partial charge is 0.465 e. The number of piperidine rings is 1. The zero-order valence-corrected chi connectivity index (χ0v) is 8.97. The van der Waals surface area contributed by atoms with Crippen LogP contribution in [0.1, 0.15) is 19.3 Å². The number of hydrogen-bond acceptors (Lipinski definition) is 3. The van der Waals surface area contributed by atoms with Gasteiger partial charge in [-0.3, -0.25) is 4.90 Å². The van der Waals surface area contributed by atoms with Gasteiger partial charge in [-0.2, -0.15) is 0 Å². The van der Waals surface area contributed by atoms with Crippen molar-refractivity contribution in [2.45, 2.75) is 25.4 Å². The van der Waals surface area contributed by atoms with Gasteiger partial charge in [0.2, 0.25) is 0 Å². The molecule has 0 aliphatic carbocycles. The third kappa shape index (κ3) is 2.42. The van der Waals surface area contributed by atoms with Gasteiger partial charge < -0.3 is 10.4 Å². The van der Waals surface area contributed by atoms with Crippen LogP contribution < -0.4 is 5.32 Å². The number of nitrogens with one attached hydrogen (secondary N) is 1. The molecule has 0 saturated carbocycles. The van der Waals surface area contributed by atoms with Gasteiger partial charge in [-0.1, -0.05) is 6.07 Å². The highest BCUT2D eigenvalue weighted by atomic mass is 16.4. The molecule has 1 unspecified atom stereocenters. The van der Waals surface area contributed by atoms with Crippen molar-refractivity contribution in [1.82, 2.24) is 9.88 Å². The third-order valence-electron chi connectivity index (χ3n) is 2.73. The second-order valence-corrected chi connectivity index (χ2v) is 3.85. The maximum Gasteiger partial charge on any atom is 0.408 e. The highest BCUT2D eigenvalue weighted by Crippen LogP contribution is 2.18. The van der Waals surface area contributed by atoms with Gasteiger partial charge in [0, 0.05) is 12.7 Å². The van der Waals surface area contributed by atoms with E-state index in [1.807, 2.05) is 18.2 Å². The summed E-state index contributed by atoms with van der Waals surface area (Å²) in [5.74, 6) is 0.723. The number of anilines is 1. The van der Waals surface area contributed by atoms with Crippen molar-refractivity contribution in [3.8, 4) is 0 Å². The number of likely N-dealkylation sites (tertiary alicyclic amines) is 1. The molecular weight excluding hydrogens is 206 g/mol. The Morgan fingerprint density at radius 1 is 1.50 bits per heavy atom. The summed E-state index contributed by atoms with van der Waals surface area (Å²) in [6.45, 7) is 0.597. The van der Waals surface area contributed by atoms with E-state index in [1.165, 1.54) is 4.90 Å². The first kappa shape index (κ1) is 10.7. The van der Waals surface area contributed by atoms with Crippen LogP contribution >= 0.6 is 0 Å². The van der Waals surface area contributed by atoms with E-state index in [4.69, 9.17) is 5.11 Å². The SMILES string of the molecule is O=C(O)N1CCCCC1Nc1ccccn1.